The summed E-state index contributed by atoms with van der Waals surface area (Å²) in [6.07, 6.45) is 0. The third kappa shape index (κ3) is 2.50. The average Bonchev–Trinajstić information content (AvgIpc) is 3.16. The van der Waals surface area contributed by atoms with E-state index in [0.717, 1.165) is 4.88 Å². The van der Waals surface area contributed by atoms with Crippen molar-refractivity contribution in [1.82, 2.24) is 10.2 Å². The molecule has 0 saturated carbocycles. The lowest BCUT2D eigenvalue weighted by Gasteiger charge is -1.99. The van der Waals surface area contributed by atoms with E-state index in [1.165, 1.54) is 17.4 Å². The lowest BCUT2D eigenvalue weighted by molar-refractivity contribution is 0.0697. The highest BCUT2D eigenvalue weighted by molar-refractivity contribution is 7.13. The van der Waals surface area contributed by atoms with E-state index in [1.807, 2.05) is 5.38 Å². The molecule has 3 rings (SSSR count). The predicted octanol–water partition coefficient (Wildman–Crippen LogP) is 3.17. The Morgan fingerprint density at radius 2 is 2.05 bits per heavy atom. The van der Waals surface area contributed by atoms with Gasteiger partial charge in [0.05, 0.1) is 23.1 Å². The number of hydrogen-bond donors (Lipinski definition) is 1. The maximum atomic E-state index is 11.2. The van der Waals surface area contributed by atoms with Gasteiger partial charge < -0.3 is 14.3 Å². The second-order valence-corrected chi connectivity index (χ2v) is 5.03. The SMILES string of the molecule is COc1csc(-c2nnc(-c3ccccc3C(=O)O)o2)c1. The van der Waals surface area contributed by atoms with Gasteiger partial charge in [-0.3, -0.25) is 0 Å². The van der Waals surface area contributed by atoms with Crippen LogP contribution in [-0.2, 0) is 0 Å². The van der Waals surface area contributed by atoms with Crippen molar-refractivity contribution in [2.45, 2.75) is 0 Å². The van der Waals surface area contributed by atoms with Crippen LogP contribution in [0.25, 0.3) is 22.2 Å². The summed E-state index contributed by atoms with van der Waals surface area (Å²) >= 11 is 1.41. The van der Waals surface area contributed by atoms with E-state index < -0.39 is 5.97 Å². The number of methoxy groups -OCH3 is 1. The highest BCUT2D eigenvalue weighted by atomic mass is 32.1. The highest BCUT2D eigenvalue weighted by Crippen LogP contribution is 2.32. The van der Waals surface area contributed by atoms with Crippen molar-refractivity contribution in [2.75, 3.05) is 7.11 Å². The molecule has 1 aromatic carbocycles. The molecule has 0 saturated heterocycles. The van der Waals surface area contributed by atoms with Crippen molar-refractivity contribution in [2.24, 2.45) is 0 Å². The summed E-state index contributed by atoms with van der Waals surface area (Å²) in [5.41, 5.74) is 0.517. The van der Waals surface area contributed by atoms with Crippen LogP contribution in [0.3, 0.4) is 0 Å². The number of benzene rings is 1. The predicted molar refractivity (Wildman–Crippen MR) is 76.6 cm³/mol. The van der Waals surface area contributed by atoms with Gasteiger partial charge in [-0.2, -0.15) is 0 Å². The van der Waals surface area contributed by atoms with Crippen molar-refractivity contribution in [3.8, 4) is 28.0 Å². The molecule has 1 N–H and O–H groups in total. The van der Waals surface area contributed by atoms with Crippen LogP contribution in [0.2, 0.25) is 0 Å². The number of nitrogens with zero attached hydrogens (tertiary/aromatic N) is 2. The molecule has 2 aromatic heterocycles. The zero-order chi connectivity index (χ0) is 14.8. The zero-order valence-corrected chi connectivity index (χ0v) is 11.8. The number of thiophene rings is 1. The lowest BCUT2D eigenvalue weighted by atomic mass is 10.1. The maximum Gasteiger partial charge on any atom is 0.336 e. The molecule has 0 aliphatic rings. The average molecular weight is 302 g/mol. The zero-order valence-electron chi connectivity index (χ0n) is 10.9. The first-order valence-corrected chi connectivity index (χ1v) is 6.86. The van der Waals surface area contributed by atoms with Gasteiger partial charge in [-0.15, -0.1) is 21.5 Å². The normalized spacial score (nSPS) is 10.5. The van der Waals surface area contributed by atoms with Crippen LogP contribution in [0.15, 0.2) is 40.1 Å². The summed E-state index contributed by atoms with van der Waals surface area (Å²) in [5, 5.41) is 18.9. The van der Waals surface area contributed by atoms with Crippen LogP contribution in [-0.4, -0.2) is 28.4 Å². The summed E-state index contributed by atoms with van der Waals surface area (Å²) in [4.78, 5) is 12.0. The molecule has 6 nitrogen and oxygen atoms in total. The Balaban J connectivity index is 2.01. The fraction of sp³-hybridized carbons (Fsp3) is 0.0714. The summed E-state index contributed by atoms with van der Waals surface area (Å²) in [5.74, 6) is 0.178. The van der Waals surface area contributed by atoms with Crippen LogP contribution in [0.1, 0.15) is 10.4 Å². The van der Waals surface area contributed by atoms with Crippen molar-refractivity contribution in [1.29, 1.82) is 0 Å². The Morgan fingerprint density at radius 1 is 1.29 bits per heavy atom. The Morgan fingerprint density at radius 3 is 2.76 bits per heavy atom. The first kappa shape index (κ1) is 13.3. The Labute approximate surface area is 123 Å². The van der Waals surface area contributed by atoms with Gasteiger partial charge in [-0.1, -0.05) is 12.1 Å². The third-order valence-electron chi connectivity index (χ3n) is 2.83. The largest absolute Gasteiger partial charge is 0.496 e. The summed E-state index contributed by atoms with van der Waals surface area (Å²) in [6, 6.07) is 8.28. The number of rotatable bonds is 4. The molecule has 2 heterocycles. The number of carbonyl (C=O) groups is 1. The van der Waals surface area contributed by atoms with Crippen LogP contribution in [0.5, 0.6) is 5.75 Å². The molecule has 106 valence electrons. The van der Waals surface area contributed by atoms with E-state index in [1.54, 1.807) is 31.4 Å². The minimum Gasteiger partial charge on any atom is -0.496 e. The van der Waals surface area contributed by atoms with Crippen LogP contribution >= 0.6 is 11.3 Å². The molecule has 0 fully saturated rings. The van der Waals surface area contributed by atoms with Gasteiger partial charge >= 0.3 is 5.97 Å². The molecule has 3 aromatic rings. The number of hydrogen-bond acceptors (Lipinski definition) is 6. The fourth-order valence-corrected chi connectivity index (χ4v) is 2.60. The molecular formula is C14H10N2O4S. The number of aromatic nitrogens is 2. The van der Waals surface area contributed by atoms with E-state index >= 15 is 0 Å². The monoisotopic (exact) mass is 302 g/mol. The highest BCUT2D eigenvalue weighted by Gasteiger charge is 2.17. The van der Waals surface area contributed by atoms with E-state index in [0.29, 0.717) is 17.2 Å². The van der Waals surface area contributed by atoms with E-state index in [9.17, 15) is 9.90 Å². The fourth-order valence-electron chi connectivity index (χ4n) is 1.83. The van der Waals surface area contributed by atoms with E-state index in [-0.39, 0.29) is 11.5 Å². The maximum absolute atomic E-state index is 11.2. The second kappa shape index (κ2) is 5.37. The van der Waals surface area contributed by atoms with Gasteiger partial charge in [0.15, 0.2) is 0 Å². The van der Waals surface area contributed by atoms with Crippen molar-refractivity contribution < 1.29 is 19.1 Å². The van der Waals surface area contributed by atoms with Gasteiger partial charge in [0, 0.05) is 11.4 Å². The molecule has 7 heteroatoms. The van der Waals surface area contributed by atoms with Crippen LogP contribution < -0.4 is 4.74 Å². The topological polar surface area (TPSA) is 85.5 Å². The summed E-state index contributed by atoms with van der Waals surface area (Å²) in [7, 11) is 1.58. The van der Waals surface area contributed by atoms with Crippen molar-refractivity contribution >= 4 is 17.3 Å². The molecule has 21 heavy (non-hydrogen) atoms. The molecule has 0 radical (unpaired) electrons. The van der Waals surface area contributed by atoms with Crippen molar-refractivity contribution in [3.05, 3.63) is 41.3 Å². The standard InChI is InChI=1S/C14H10N2O4S/c1-19-8-6-11(21-7-8)13-16-15-12(20-13)9-4-2-3-5-10(9)14(17)18/h2-7H,1H3,(H,17,18). The third-order valence-corrected chi connectivity index (χ3v) is 3.73. The summed E-state index contributed by atoms with van der Waals surface area (Å²) in [6.45, 7) is 0. The molecule has 0 amide bonds. The molecule has 0 aliphatic heterocycles. The lowest BCUT2D eigenvalue weighted by Crippen LogP contribution is -1.98. The molecular weight excluding hydrogens is 292 g/mol. The van der Waals surface area contributed by atoms with E-state index in [4.69, 9.17) is 9.15 Å². The molecule has 0 spiro atoms. The minimum absolute atomic E-state index is 0.122. The smallest absolute Gasteiger partial charge is 0.336 e. The van der Waals surface area contributed by atoms with Gasteiger partial charge in [0.25, 0.3) is 5.89 Å². The van der Waals surface area contributed by atoms with Gasteiger partial charge in [0.1, 0.15) is 5.75 Å². The molecule has 0 bridgehead atoms. The van der Waals surface area contributed by atoms with Crippen LogP contribution in [0.4, 0.5) is 0 Å². The molecule has 0 aliphatic carbocycles. The Kier molecular flexibility index (Phi) is 3.41. The van der Waals surface area contributed by atoms with E-state index in [2.05, 4.69) is 10.2 Å². The Bertz CT molecular complexity index is 794. The second-order valence-electron chi connectivity index (χ2n) is 4.11. The minimum atomic E-state index is -1.04. The van der Waals surface area contributed by atoms with Crippen LogP contribution in [0, 0.1) is 0 Å². The first-order valence-electron chi connectivity index (χ1n) is 5.98. The van der Waals surface area contributed by atoms with Gasteiger partial charge in [-0.05, 0) is 12.1 Å². The van der Waals surface area contributed by atoms with Gasteiger partial charge in [0.2, 0.25) is 5.89 Å². The Hall–Kier alpha value is -2.67. The number of carboxylic acid groups (broad SMARTS) is 1. The summed E-state index contributed by atoms with van der Waals surface area (Å²) < 4.78 is 10.7. The molecule has 0 unspecified atom stereocenters. The number of aromatic carboxylic acids is 1. The quantitative estimate of drug-likeness (QED) is 0.796. The number of carboxylic acids is 1. The van der Waals surface area contributed by atoms with Gasteiger partial charge in [-0.25, -0.2) is 4.79 Å². The molecule has 0 atom stereocenters. The number of ether oxygens (including phenoxy) is 1. The van der Waals surface area contributed by atoms with Crippen molar-refractivity contribution in [3.63, 3.8) is 0 Å². The first-order chi connectivity index (χ1) is 10.2.